The van der Waals surface area contributed by atoms with Crippen molar-refractivity contribution in [1.82, 2.24) is 25.5 Å². The summed E-state index contributed by atoms with van der Waals surface area (Å²) in [4.78, 5) is 39.4. The van der Waals surface area contributed by atoms with E-state index in [4.69, 9.17) is 16.3 Å². The van der Waals surface area contributed by atoms with Gasteiger partial charge in [0.25, 0.3) is 5.91 Å². The van der Waals surface area contributed by atoms with Crippen LogP contribution in [-0.4, -0.2) is 79.0 Å². The number of amides is 2. The van der Waals surface area contributed by atoms with E-state index in [-0.39, 0.29) is 16.6 Å². The molecule has 1 aliphatic rings. The van der Waals surface area contributed by atoms with Crippen LogP contribution in [0, 0.1) is 0 Å². The molecule has 39 heavy (non-hydrogen) atoms. The Morgan fingerprint density at radius 1 is 1.26 bits per heavy atom. The molecule has 2 aromatic rings. The smallest absolute Gasteiger partial charge is 0.379 e. The summed E-state index contributed by atoms with van der Waals surface area (Å²) in [5.74, 6) is -0.813. The maximum Gasteiger partial charge on any atom is 0.418 e. The van der Waals surface area contributed by atoms with Crippen molar-refractivity contribution >= 4 is 46.4 Å². The van der Waals surface area contributed by atoms with Crippen LogP contribution in [0.25, 0.3) is 0 Å². The molecule has 0 aliphatic carbocycles. The van der Waals surface area contributed by atoms with Gasteiger partial charge in [0.1, 0.15) is 21.5 Å². The first-order valence-electron chi connectivity index (χ1n) is 12.1. The van der Waals surface area contributed by atoms with Crippen molar-refractivity contribution in [3.8, 4) is 0 Å². The number of aromatic nitrogens is 2. The van der Waals surface area contributed by atoms with E-state index in [1.807, 2.05) is 0 Å². The number of morpholine rings is 1. The first kappa shape index (κ1) is 30.5. The first-order valence-corrected chi connectivity index (χ1v) is 13.3. The number of nitrogens with one attached hydrogen (secondary N) is 3. The van der Waals surface area contributed by atoms with Crippen molar-refractivity contribution in [3.05, 3.63) is 51.1 Å². The predicted octanol–water partition coefficient (Wildman–Crippen LogP) is 3.54. The van der Waals surface area contributed by atoms with Gasteiger partial charge in [-0.15, -0.1) is 11.3 Å². The molecule has 0 aromatic carbocycles. The predicted molar refractivity (Wildman–Crippen MR) is 143 cm³/mol. The Morgan fingerprint density at radius 2 is 2.00 bits per heavy atom. The van der Waals surface area contributed by atoms with Gasteiger partial charge in [0.15, 0.2) is 0 Å². The molecule has 3 N–H and O–H groups in total. The van der Waals surface area contributed by atoms with Gasteiger partial charge in [0.2, 0.25) is 5.91 Å². The van der Waals surface area contributed by atoms with Crippen LogP contribution < -0.4 is 16.0 Å². The SMILES string of the molecule is C/N=C(\C=C\C(=O)NC(C)c1ncc(C(=O)Nc2cc(C(F)(F)F)c(Cl)cn2)s1)NCCCN1CCOCC1. The molecule has 1 unspecified atom stereocenters. The number of alkyl halides is 3. The van der Waals surface area contributed by atoms with Crippen LogP contribution in [0.4, 0.5) is 19.0 Å². The molecular formula is C24H29ClF3N7O3S. The molecule has 1 aliphatic heterocycles. The second-order valence-electron chi connectivity index (χ2n) is 8.47. The summed E-state index contributed by atoms with van der Waals surface area (Å²) >= 11 is 6.55. The van der Waals surface area contributed by atoms with Gasteiger partial charge < -0.3 is 20.7 Å². The second-order valence-corrected chi connectivity index (χ2v) is 9.94. The number of amidine groups is 1. The Kier molecular flexibility index (Phi) is 11.2. The molecule has 0 bridgehead atoms. The molecule has 0 saturated carbocycles. The van der Waals surface area contributed by atoms with Crippen LogP contribution in [0.15, 0.2) is 35.6 Å². The third-order valence-electron chi connectivity index (χ3n) is 5.57. The number of aliphatic imine (C=N–C) groups is 1. The molecule has 2 amide bonds. The minimum Gasteiger partial charge on any atom is -0.379 e. The molecule has 1 saturated heterocycles. The fraction of sp³-hybridized carbons (Fsp3) is 0.458. The molecule has 0 spiro atoms. The summed E-state index contributed by atoms with van der Waals surface area (Å²) in [5.41, 5.74) is -1.11. The Hall–Kier alpha value is -3.07. The number of rotatable bonds is 10. The number of halogens is 4. The van der Waals surface area contributed by atoms with E-state index in [0.717, 1.165) is 56.8 Å². The zero-order valence-corrected chi connectivity index (χ0v) is 22.9. The summed E-state index contributed by atoms with van der Waals surface area (Å²) < 4.78 is 44.5. The highest BCUT2D eigenvalue weighted by atomic mass is 35.5. The summed E-state index contributed by atoms with van der Waals surface area (Å²) in [6, 6.07) is 0.132. The van der Waals surface area contributed by atoms with E-state index in [1.54, 1.807) is 20.0 Å². The van der Waals surface area contributed by atoms with Gasteiger partial charge >= 0.3 is 6.18 Å². The van der Waals surface area contributed by atoms with Gasteiger partial charge in [0, 0.05) is 39.0 Å². The number of hydrogen-bond donors (Lipinski definition) is 3. The lowest BCUT2D eigenvalue weighted by molar-refractivity contribution is -0.137. The average Bonchev–Trinajstić information content (AvgIpc) is 3.40. The average molecular weight is 588 g/mol. The molecule has 2 aromatic heterocycles. The zero-order valence-electron chi connectivity index (χ0n) is 21.3. The van der Waals surface area contributed by atoms with E-state index >= 15 is 0 Å². The standard InChI is InChI=1S/C24H29ClF3N7O3S/c1-15(33-21(36)5-4-19(29-2)30-6-3-7-35-8-10-38-11-9-35)23-32-14-18(39-23)22(37)34-20-12-16(24(26,27)28)17(25)13-31-20/h4-5,12-15H,3,6-11H2,1-2H3,(H,29,30)(H,33,36)(H,31,34,37)/b5-4+. The summed E-state index contributed by atoms with van der Waals surface area (Å²) in [6.45, 7) is 6.73. The van der Waals surface area contributed by atoms with Crippen molar-refractivity contribution in [2.45, 2.75) is 25.6 Å². The quantitative estimate of drug-likeness (QED) is 0.168. The Bertz CT molecular complexity index is 1200. The van der Waals surface area contributed by atoms with Gasteiger partial charge in [-0.05, 0) is 32.0 Å². The van der Waals surface area contributed by atoms with Gasteiger partial charge in [-0.1, -0.05) is 11.6 Å². The van der Waals surface area contributed by atoms with Crippen molar-refractivity contribution in [2.24, 2.45) is 4.99 Å². The highest BCUT2D eigenvalue weighted by Crippen LogP contribution is 2.35. The Balaban J connectivity index is 1.47. The van der Waals surface area contributed by atoms with Crippen LogP contribution in [0.1, 0.15) is 39.6 Å². The van der Waals surface area contributed by atoms with Gasteiger partial charge in [0.05, 0.1) is 36.0 Å². The minimum absolute atomic E-state index is 0.133. The van der Waals surface area contributed by atoms with Crippen molar-refractivity contribution in [2.75, 3.05) is 51.8 Å². The highest BCUT2D eigenvalue weighted by molar-refractivity contribution is 7.13. The molecule has 10 nitrogen and oxygen atoms in total. The molecule has 212 valence electrons. The monoisotopic (exact) mass is 587 g/mol. The van der Waals surface area contributed by atoms with Crippen LogP contribution in [0.5, 0.6) is 0 Å². The van der Waals surface area contributed by atoms with E-state index in [0.29, 0.717) is 23.5 Å². The third kappa shape index (κ3) is 9.56. The molecule has 15 heteroatoms. The van der Waals surface area contributed by atoms with Gasteiger partial charge in [-0.25, -0.2) is 9.97 Å². The van der Waals surface area contributed by atoms with Gasteiger partial charge in [-0.2, -0.15) is 13.2 Å². The lowest BCUT2D eigenvalue weighted by atomic mass is 10.2. The Labute approximate surface area is 232 Å². The number of ether oxygens (including phenoxy) is 1. The van der Waals surface area contributed by atoms with E-state index in [1.165, 1.54) is 12.3 Å². The molecule has 0 radical (unpaired) electrons. The number of pyridine rings is 1. The number of nitrogens with zero attached hydrogens (tertiary/aromatic N) is 4. The van der Waals surface area contributed by atoms with Crippen molar-refractivity contribution in [1.29, 1.82) is 0 Å². The fourth-order valence-corrected chi connectivity index (χ4v) is 4.56. The summed E-state index contributed by atoms with van der Waals surface area (Å²) in [6.07, 6.45) is 1.25. The summed E-state index contributed by atoms with van der Waals surface area (Å²) in [7, 11) is 1.63. The second kappa shape index (κ2) is 14.4. The number of hydrogen-bond acceptors (Lipinski definition) is 8. The lowest BCUT2D eigenvalue weighted by Gasteiger charge is -2.26. The molecular weight excluding hydrogens is 559 g/mol. The van der Waals surface area contributed by atoms with Gasteiger partial charge in [-0.3, -0.25) is 19.5 Å². The largest absolute Gasteiger partial charge is 0.418 e. The number of thiazole rings is 1. The minimum atomic E-state index is -4.69. The number of carbonyl (C=O) groups excluding carboxylic acids is 2. The van der Waals surface area contributed by atoms with Crippen LogP contribution in [0.2, 0.25) is 5.02 Å². The molecule has 3 rings (SSSR count). The molecule has 1 fully saturated rings. The molecule has 3 heterocycles. The highest BCUT2D eigenvalue weighted by Gasteiger charge is 2.34. The third-order valence-corrected chi connectivity index (χ3v) is 7.05. The fourth-order valence-electron chi connectivity index (χ4n) is 3.53. The first-order chi connectivity index (χ1) is 18.6. The van der Waals surface area contributed by atoms with E-state index < -0.39 is 28.7 Å². The number of carbonyl (C=O) groups is 2. The zero-order chi connectivity index (χ0) is 28.4. The lowest BCUT2D eigenvalue weighted by Crippen LogP contribution is -2.38. The maximum atomic E-state index is 13.1. The van der Waals surface area contributed by atoms with Crippen molar-refractivity contribution in [3.63, 3.8) is 0 Å². The van der Waals surface area contributed by atoms with Crippen LogP contribution in [0.3, 0.4) is 0 Å². The van der Waals surface area contributed by atoms with E-state index in [9.17, 15) is 22.8 Å². The Morgan fingerprint density at radius 3 is 2.69 bits per heavy atom. The van der Waals surface area contributed by atoms with Crippen LogP contribution in [-0.2, 0) is 15.7 Å². The summed E-state index contributed by atoms with van der Waals surface area (Å²) in [5, 5.41) is 8.12. The maximum absolute atomic E-state index is 13.1. The van der Waals surface area contributed by atoms with Crippen LogP contribution >= 0.6 is 22.9 Å². The molecule has 1 atom stereocenters. The topological polar surface area (TPSA) is 121 Å². The van der Waals surface area contributed by atoms with E-state index in [2.05, 4.69) is 35.8 Å². The number of anilines is 1. The normalized spacial score (nSPS) is 15.8. The van der Waals surface area contributed by atoms with Crippen molar-refractivity contribution < 1.29 is 27.5 Å².